The molecule has 188 valence electrons. The molecule has 3 atom stereocenters. The lowest BCUT2D eigenvalue weighted by Gasteiger charge is -2.48. The van der Waals surface area contributed by atoms with E-state index >= 15 is 0 Å². The summed E-state index contributed by atoms with van der Waals surface area (Å²) in [4.78, 5) is 8.22. The van der Waals surface area contributed by atoms with Crippen LogP contribution in [0.25, 0.3) is 4.85 Å². The van der Waals surface area contributed by atoms with Gasteiger partial charge in [0.1, 0.15) is 12.4 Å². The van der Waals surface area contributed by atoms with Crippen molar-refractivity contribution in [3.05, 3.63) is 100 Å². The van der Waals surface area contributed by atoms with Crippen molar-refractivity contribution in [2.24, 2.45) is 0 Å². The highest BCUT2D eigenvalue weighted by molar-refractivity contribution is 6.30. The molecule has 0 aromatic heterocycles. The van der Waals surface area contributed by atoms with Gasteiger partial charge in [-0.15, -0.1) is 0 Å². The third kappa shape index (κ3) is 6.00. The van der Waals surface area contributed by atoms with Crippen molar-refractivity contribution < 1.29 is 14.9 Å². The van der Waals surface area contributed by atoms with E-state index in [1.54, 1.807) is 12.1 Å². The van der Waals surface area contributed by atoms with E-state index in [2.05, 4.69) is 33.7 Å². The van der Waals surface area contributed by atoms with Gasteiger partial charge in [-0.05, 0) is 61.4 Å². The molecular formula is C29H32ClN3O3. The number of anilines is 1. The van der Waals surface area contributed by atoms with Gasteiger partial charge in [0.15, 0.2) is 5.69 Å². The average Bonchev–Trinajstić information content (AvgIpc) is 2.88. The maximum Gasteiger partial charge on any atom is 0.187 e. The Balaban J connectivity index is 1.61. The Morgan fingerprint density at radius 1 is 1.08 bits per heavy atom. The highest BCUT2D eigenvalue weighted by Crippen LogP contribution is 2.36. The first-order chi connectivity index (χ1) is 17.3. The fourth-order valence-corrected chi connectivity index (χ4v) is 5.13. The van der Waals surface area contributed by atoms with Crippen LogP contribution in [0.5, 0.6) is 5.75 Å². The molecule has 2 N–H and O–H groups in total. The third-order valence-corrected chi connectivity index (χ3v) is 6.89. The molecule has 3 aromatic carbocycles. The standard InChI is InChI=1S/C29H32ClN3O3/c1-21-18-32(20-29(2,35)23-5-4-6-25(17-23)31-3)19-28(22-7-9-24(30)10-8-22)33(21)26-11-13-27(14-12-26)36-16-15-34/h4-14,17,21,28,34-35H,15-16,18-20H2,1-2H3/t21-,28+,29-/m1/s1. The van der Waals surface area contributed by atoms with Gasteiger partial charge in [0.25, 0.3) is 0 Å². The second-order valence-electron chi connectivity index (χ2n) is 9.52. The maximum absolute atomic E-state index is 11.4. The first-order valence-electron chi connectivity index (χ1n) is 12.1. The normalized spacial score (nSPS) is 19.9. The molecule has 0 radical (unpaired) electrons. The van der Waals surface area contributed by atoms with Crippen LogP contribution in [-0.2, 0) is 5.60 Å². The molecular weight excluding hydrogens is 474 g/mol. The summed E-state index contributed by atoms with van der Waals surface area (Å²) in [5.41, 5.74) is 2.39. The fourth-order valence-electron chi connectivity index (χ4n) is 5.01. The Hall–Kier alpha value is -3.08. The molecule has 0 bridgehead atoms. The summed E-state index contributed by atoms with van der Waals surface area (Å²) in [5, 5.41) is 21.1. The number of nitrogens with zero attached hydrogens (tertiary/aromatic N) is 3. The molecule has 1 fully saturated rings. The molecule has 0 unspecified atom stereocenters. The van der Waals surface area contributed by atoms with Gasteiger partial charge in [0.2, 0.25) is 0 Å². The van der Waals surface area contributed by atoms with Crippen molar-refractivity contribution in [2.75, 3.05) is 37.7 Å². The molecule has 3 aromatic rings. The van der Waals surface area contributed by atoms with Crippen LogP contribution in [-0.4, -0.2) is 54.0 Å². The van der Waals surface area contributed by atoms with Crippen molar-refractivity contribution in [1.29, 1.82) is 0 Å². The zero-order valence-electron chi connectivity index (χ0n) is 20.6. The Bertz CT molecular complexity index is 1190. The number of ether oxygens (including phenoxy) is 1. The van der Waals surface area contributed by atoms with Crippen LogP contribution < -0.4 is 9.64 Å². The number of hydrogen-bond acceptors (Lipinski definition) is 5. The van der Waals surface area contributed by atoms with E-state index in [4.69, 9.17) is 28.0 Å². The van der Waals surface area contributed by atoms with Crippen LogP contribution in [0.15, 0.2) is 72.8 Å². The number of halogens is 1. The molecule has 0 amide bonds. The largest absolute Gasteiger partial charge is 0.491 e. The van der Waals surface area contributed by atoms with E-state index in [0.29, 0.717) is 23.8 Å². The number of benzene rings is 3. The molecule has 36 heavy (non-hydrogen) atoms. The SMILES string of the molecule is [C-]#[N+]c1cccc([C@](C)(O)CN2C[C@@H](C)N(c3ccc(OCCO)cc3)[C@H](c3ccc(Cl)cc3)C2)c1. The van der Waals surface area contributed by atoms with Gasteiger partial charge >= 0.3 is 0 Å². The van der Waals surface area contributed by atoms with E-state index in [9.17, 15) is 5.11 Å². The molecule has 4 rings (SSSR count). The maximum atomic E-state index is 11.4. The number of aliphatic hydroxyl groups excluding tert-OH is 1. The third-order valence-electron chi connectivity index (χ3n) is 6.64. The molecule has 1 saturated heterocycles. The van der Waals surface area contributed by atoms with Gasteiger partial charge in [0.05, 0.1) is 24.8 Å². The van der Waals surface area contributed by atoms with Crippen LogP contribution >= 0.6 is 11.6 Å². The van der Waals surface area contributed by atoms with Crippen molar-refractivity contribution in [1.82, 2.24) is 4.90 Å². The fraction of sp³-hybridized carbons (Fsp3) is 0.345. The minimum absolute atomic E-state index is 0.0225. The summed E-state index contributed by atoms with van der Waals surface area (Å²) in [6.45, 7) is 13.5. The van der Waals surface area contributed by atoms with Crippen LogP contribution in [0.2, 0.25) is 5.02 Å². The topological polar surface area (TPSA) is 60.5 Å². The summed E-state index contributed by atoms with van der Waals surface area (Å²) >= 11 is 6.19. The molecule has 7 heteroatoms. The van der Waals surface area contributed by atoms with Crippen molar-refractivity contribution in [2.45, 2.75) is 31.5 Å². The number of β-amino-alcohol motifs (C(OH)–C–C–N with tert-alkyl or cyclic N) is 1. The van der Waals surface area contributed by atoms with Gasteiger partial charge in [-0.3, -0.25) is 4.90 Å². The Morgan fingerprint density at radius 3 is 2.47 bits per heavy atom. The Morgan fingerprint density at radius 2 is 1.81 bits per heavy atom. The van der Waals surface area contributed by atoms with E-state index in [1.165, 1.54) is 0 Å². The summed E-state index contributed by atoms with van der Waals surface area (Å²) in [7, 11) is 0. The van der Waals surface area contributed by atoms with Crippen molar-refractivity contribution in [3.8, 4) is 5.75 Å². The first kappa shape index (κ1) is 26.0. The smallest absolute Gasteiger partial charge is 0.187 e. The highest BCUT2D eigenvalue weighted by atomic mass is 35.5. The van der Waals surface area contributed by atoms with Crippen LogP contribution in [0.1, 0.15) is 31.0 Å². The van der Waals surface area contributed by atoms with Crippen LogP contribution in [0.3, 0.4) is 0 Å². The van der Waals surface area contributed by atoms with Crippen LogP contribution in [0.4, 0.5) is 11.4 Å². The number of piperazine rings is 1. The lowest BCUT2D eigenvalue weighted by molar-refractivity contribution is 0.00641. The molecule has 0 aliphatic carbocycles. The van der Waals surface area contributed by atoms with Gasteiger partial charge in [-0.25, -0.2) is 4.85 Å². The lowest BCUT2D eigenvalue weighted by Crippen LogP contribution is -2.56. The van der Waals surface area contributed by atoms with E-state index in [-0.39, 0.29) is 25.3 Å². The number of aliphatic hydroxyl groups is 2. The Kier molecular flexibility index (Phi) is 8.17. The van der Waals surface area contributed by atoms with E-state index in [1.807, 2.05) is 55.5 Å². The number of rotatable bonds is 8. The predicted octanol–water partition coefficient (Wildman–Crippen LogP) is 5.42. The molecule has 6 nitrogen and oxygen atoms in total. The predicted molar refractivity (Wildman–Crippen MR) is 144 cm³/mol. The zero-order valence-corrected chi connectivity index (χ0v) is 21.4. The average molecular weight is 506 g/mol. The molecule has 1 heterocycles. The van der Waals surface area contributed by atoms with Gasteiger partial charge in [0, 0.05) is 36.4 Å². The van der Waals surface area contributed by atoms with Crippen molar-refractivity contribution >= 4 is 23.0 Å². The van der Waals surface area contributed by atoms with Gasteiger partial charge in [-0.1, -0.05) is 48.0 Å². The minimum Gasteiger partial charge on any atom is -0.491 e. The van der Waals surface area contributed by atoms with E-state index < -0.39 is 5.60 Å². The summed E-state index contributed by atoms with van der Waals surface area (Å²) in [5.74, 6) is 0.722. The second-order valence-corrected chi connectivity index (χ2v) is 9.96. The summed E-state index contributed by atoms with van der Waals surface area (Å²) < 4.78 is 5.54. The molecule has 0 saturated carbocycles. The monoisotopic (exact) mass is 505 g/mol. The lowest BCUT2D eigenvalue weighted by atomic mass is 9.92. The van der Waals surface area contributed by atoms with E-state index in [0.717, 1.165) is 29.1 Å². The zero-order chi connectivity index (χ0) is 25.7. The number of hydrogen-bond donors (Lipinski definition) is 2. The summed E-state index contributed by atoms with van der Waals surface area (Å²) in [6, 6.07) is 23.3. The van der Waals surface area contributed by atoms with Crippen LogP contribution in [0, 0.1) is 6.57 Å². The molecule has 1 aliphatic rings. The molecule has 0 spiro atoms. The second kappa shape index (κ2) is 11.3. The Labute approximate surface area is 218 Å². The van der Waals surface area contributed by atoms with Crippen molar-refractivity contribution in [3.63, 3.8) is 0 Å². The van der Waals surface area contributed by atoms with Gasteiger partial charge in [-0.2, -0.15) is 0 Å². The summed E-state index contributed by atoms with van der Waals surface area (Å²) in [6.07, 6.45) is 0. The quantitative estimate of drug-likeness (QED) is 0.400. The van der Waals surface area contributed by atoms with Gasteiger partial charge < -0.3 is 19.8 Å². The molecule has 1 aliphatic heterocycles. The minimum atomic E-state index is -1.10. The first-order valence-corrected chi connectivity index (χ1v) is 12.5. The highest BCUT2D eigenvalue weighted by Gasteiger charge is 2.36.